The van der Waals surface area contributed by atoms with Crippen molar-refractivity contribution in [2.24, 2.45) is 4.99 Å². The number of rotatable bonds is 7. The van der Waals surface area contributed by atoms with Crippen molar-refractivity contribution in [3.8, 4) is 0 Å². The zero-order chi connectivity index (χ0) is 24.0. The van der Waals surface area contributed by atoms with Gasteiger partial charge in [-0.15, -0.1) is 0 Å². The highest BCUT2D eigenvalue weighted by atomic mass is 32.2. The van der Waals surface area contributed by atoms with Gasteiger partial charge in [-0.2, -0.15) is 4.99 Å². The summed E-state index contributed by atoms with van der Waals surface area (Å²) in [4.78, 5) is 16.8. The van der Waals surface area contributed by atoms with Crippen LogP contribution in [-0.4, -0.2) is 18.9 Å². The molecule has 0 bridgehead atoms. The molecule has 34 heavy (non-hydrogen) atoms. The molecule has 0 saturated heterocycles. The van der Waals surface area contributed by atoms with Gasteiger partial charge in [0.05, 0.1) is 11.3 Å². The first-order chi connectivity index (χ1) is 16.4. The highest BCUT2D eigenvalue weighted by Gasteiger charge is 2.14. The van der Waals surface area contributed by atoms with E-state index in [0.29, 0.717) is 23.3 Å². The minimum atomic E-state index is -3.84. The molecule has 0 aliphatic rings. The maximum Gasteiger partial charge on any atom is 0.261 e. The van der Waals surface area contributed by atoms with Gasteiger partial charge < -0.3 is 4.57 Å². The van der Waals surface area contributed by atoms with Crippen molar-refractivity contribution >= 4 is 21.6 Å². The van der Waals surface area contributed by atoms with Crippen LogP contribution in [0.25, 0.3) is 0 Å². The average Bonchev–Trinajstić information content (AvgIpc) is 2.82. The number of anilines is 1. The van der Waals surface area contributed by atoms with Gasteiger partial charge in [0.1, 0.15) is 11.3 Å². The van der Waals surface area contributed by atoms with Crippen molar-refractivity contribution in [3.63, 3.8) is 0 Å². The van der Waals surface area contributed by atoms with Crippen molar-refractivity contribution in [1.29, 1.82) is 0 Å². The summed E-state index contributed by atoms with van der Waals surface area (Å²) in [5.74, 6) is -0.827. The van der Waals surface area contributed by atoms with Crippen molar-refractivity contribution in [2.45, 2.75) is 17.9 Å². The molecule has 1 amide bonds. The van der Waals surface area contributed by atoms with Crippen molar-refractivity contribution in [3.05, 3.63) is 126 Å². The number of pyridine rings is 1. The molecule has 172 valence electrons. The Hall–Kier alpha value is -4.04. The van der Waals surface area contributed by atoms with Crippen molar-refractivity contribution < 1.29 is 17.6 Å². The lowest BCUT2D eigenvalue weighted by Crippen LogP contribution is -2.22. The molecule has 0 fully saturated rings. The zero-order valence-corrected chi connectivity index (χ0v) is 19.0. The smallest absolute Gasteiger partial charge is 0.261 e. The highest BCUT2D eigenvalue weighted by molar-refractivity contribution is 7.92. The minimum Gasteiger partial charge on any atom is -0.328 e. The molecule has 0 radical (unpaired) electrons. The third-order valence-corrected chi connectivity index (χ3v) is 6.43. The Kier molecular flexibility index (Phi) is 6.98. The van der Waals surface area contributed by atoms with Gasteiger partial charge in [0.25, 0.3) is 15.9 Å². The molecule has 0 aliphatic carbocycles. The molecule has 1 N–H and O–H groups in total. The molecule has 3 aromatic carbocycles. The monoisotopic (exact) mass is 475 g/mol. The lowest BCUT2D eigenvalue weighted by molar-refractivity contribution is -0.117. The van der Waals surface area contributed by atoms with E-state index in [9.17, 15) is 17.6 Å². The van der Waals surface area contributed by atoms with Crippen molar-refractivity contribution in [1.82, 2.24) is 4.57 Å². The number of amides is 1. The second kappa shape index (κ2) is 10.3. The van der Waals surface area contributed by atoms with E-state index in [1.54, 1.807) is 30.3 Å². The summed E-state index contributed by atoms with van der Waals surface area (Å²) in [5, 5.41) is 0. The summed E-state index contributed by atoms with van der Waals surface area (Å²) in [6.07, 6.45) is 1.95. The Morgan fingerprint density at radius 2 is 1.50 bits per heavy atom. The van der Waals surface area contributed by atoms with Gasteiger partial charge in [0, 0.05) is 18.4 Å². The lowest BCUT2D eigenvalue weighted by atomic mass is 10.1. The van der Waals surface area contributed by atoms with E-state index in [0.717, 1.165) is 17.7 Å². The molecule has 1 heterocycles. The first-order valence-corrected chi connectivity index (χ1v) is 12.0. The van der Waals surface area contributed by atoms with E-state index in [1.165, 1.54) is 12.1 Å². The number of nitrogens with one attached hydrogen (secondary N) is 1. The summed E-state index contributed by atoms with van der Waals surface area (Å²) in [6.45, 7) is 0.594. The maximum absolute atomic E-state index is 13.1. The van der Waals surface area contributed by atoms with Gasteiger partial charge in [-0.3, -0.25) is 9.52 Å². The highest BCUT2D eigenvalue weighted by Crippen LogP contribution is 2.17. The zero-order valence-electron chi connectivity index (χ0n) is 18.1. The quantitative estimate of drug-likeness (QED) is 0.436. The van der Waals surface area contributed by atoms with Crippen molar-refractivity contribution in [2.75, 3.05) is 4.72 Å². The largest absolute Gasteiger partial charge is 0.328 e. The second-order valence-electron chi connectivity index (χ2n) is 7.61. The molecular formula is C26H22FN3O3S. The summed E-state index contributed by atoms with van der Waals surface area (Å²) in [6, 6.07) is 26.4. The summed E-state index contributed by atoms with van der Waals surface area (Å²) in [5.41, 5.74) is 2.69. The number of hydrogen-bond donors (Lipinski definition) is 1. The first-order valence-electron chi connectivity index (χ1n) is 10.5. The third-order valence-electron chi connectivity index (χ3n) is 5.04. The number of nitrogens with zero attached hydrogens (tertiary/aromatic N) is 2. The molecule has 0 spiro atoms. The Morgan fingerprint density at radius 3 is 2.21 bits per heavy atom. The molecule has 1 aromatic heterocycles. The molecule has 0 unspecified atom stereocenters. The number of benzene rings is 3. The van der Waals surface area contributed by atoms with Gasteiger partial charge in [0.2, 0.25) is 0 Å². The van der Waals surface area contributed by atoms with Crippen LogP contribution in [0.3, 0.4) is 0 Å². The Balaban J connectivity index is 1.44. The van der Waals surface area contributed by atoms with Gasteiger partial charge in [0.15, 0.2) is 0 Å². The summed E-state index contributed by atoms with van der Waals surface area (Å²) >= 11 is 0. The van der Waals surface area contributed by atoms with Crippen LogP contribution in [0.4, 0.5) is 10.1 Å². The number of carbonyl (C=O) groups excluding carboxylic acids is 1. The second-order valence-corrected chi connectivity index (χ2v) is 9.29. The van der Waals surface area contributed by atoms with E-state index >= 15 is 0 Å². The predicted octanol–water partition coefficient (Wildman–Crippen LogP) is 4.15. The molecule has 0 saturated carbocycles. The van der Waals surface area contributed by atoms with Crippen LogP contribution in [0, 0.1) is 5.82 Å². The van der Waals surface area contributed by atoms with E-state index in [2.05, 4.69) is 9.71 Å². The SMILES string of the molecule is O=C(Cc1ccc(NS(=O)(=O)c2ccc(F)cc2)cc1)N=c1ccccn1Cc1ccccc1. The van der Waals surface area contributed by atoms with Crippen LogP contribution >= 0.6 is 0 Å². The van der Waals surface area contributed by atoms with Gasteiger partial charge in [-0.25, -0.2) is 12.8 Å². The number of halogens is 1. The molecular weight excluding hydrogens is 453 g/mol. The lowest BCUT2D eigenvalue weighted by Gasteiger charge is -2.09. The minimum absolute atomic E-state index is 0.0429. The summed E-state index contributed by atoms with van der Waals surface area (Å²) in [7, 11) is -3.84. The van der Waals surface area contributed by atoms with Crippen LogP contribution in [-0.2, 0) is 27.8 Å². The van der Waals surface area contributed by atoms with E-state index in [1.807, 2.05) is 53.2 Å². The molecule has 6 nitrogen and oxygen atoms in total. The number of sulfonamides is 1. The number of carbonyl (C=O) groups is 1. The summed E-state index contributed by atoms with van der Waals surface area (Å²) < 4.78 is 42.3. The van der Waals surface area contributed by atoms with Gasteiger partial charge in [-0.05, 0) is 59.7 Å². The Labute approximate surface area is 197 Å². The molecule has 0 atom stereocenters. The third kappa shape index (κ3) is 6.05. The van der Waals surface area contributed by atoms with Crippen LogP contribution < -0.4 is 10.2 Å². The normalized spacial score (nSPS) is 11.9. The van der Waals surface area contributed by atoms with Gasteiger partial charge in [-0.1, -0.05) is 48.5 Å². The van der Waals surface area contributed by atoms with Crippen LogP contribution in [0.15, 0.2) is 113 Å². The first kappa shape index (κ1) is 23.1. The van der Waals surface area contributed by atoms with Crippen LogP contribution in [0.1, 0.15) is 11.1 Å². The molecule has 8 heteroatoms. The average molecular weight is 476 g/mol. The molecule has 0 aliphatic heterocycles. The predicted molar refractivity (Wildman–Crippen MR) is 128 cm³/mol. The Morgan fingerprint density at radius 1 is 0.824 bits per heavy atom. The van der Waals surface area contributed by atoms with E-state index in [4.69, 9.17) is 0 Å². The molecule has 4 rings (SSSR count). The van der Waals surface area contributed by atoms with Gasteiger partial charge >= 0.3 is 0 Å². The van der Waals surface area contributed by atoms with E-state index in [-0.39, 0.29) is 17.2 Å². The fourth-order valence-corrected chi connectivity index (χ4v) is 4.40. The number of aromatic nitrogens is 1. The van der Waals surface area contributed by atoms with Crippen LogP contribution in [0.2, 0.25) is 0 Å². The molecule has 4 aromatic rings. The standard InChI is InChI=1S/C26H22FN3O3S/c27-22-11-15-24(16-12-22)34(32,33)29-23-13-9-20(10-14-23)18-26(31)28-25-8-4-5-17-30(25)19-21-6-2-1-3-7-21/h1-17,29H,18-19H2. The Bertz CT molecular complexity index is 1450. The number of hydrogen-bond acceptors (Lipinski definition) is 3. The fraction of sp³-hybridized carbons (Fsp3) is 0.0769. The fourth-order valence-electron chi connectivity index (χ4n) is 3.34. The topological polar surface area (TPSA) is 80.5 Å². The van der Waals surface area contributed by atoms with E-state index < -0.39 is 15.8 Å². The van der Waals surface area contributed by atoms with Crippen LogP contribution in [0.5, 0.6) is 0 Å². The maximum atomic E-state index is 13.1.